The highest BCUT2D eigenvalue weighted by Gasteiger charge is 2.48. The maximum absolute atomic E-state index is 12.6. The van der Waals surface area contributed by atoms with Gasteiger partial charge in [-0.05, 0) is 62.4 Å². The van der Waals surface area contributed by atoms with Crippen LogP contribution in [-0.4, -0.2) is 54.3 Å². The van der Waals surface area contributed by atoms with Gasteiger partial charge in [-0.25, -0.2) is 0 Å². The molecule has 2 heterocycles. The van der Waals surface area contributed by atoms with Crippen LogP contribution >= 0.6 is 11.6 Å². The molecule has 1 spiro atoms. The van der Waals surface area contributed by atoms with Crippen LogP contribution < -0.4 is 5.73 Å². The fraction of sp³-hybridized carbons (Fsp3) is 0.579. The van der Waals surface area contributed by atoms with Crippen LogP contribution in [0.15, 0.2) is 24.3 Å². The molecule has 2 amide bonds. The maximum atomic E-state index is 12.6. The molecule has 2 N–H and O–H groups in total. The van der Waals surface area contributed by atoms with Gasteiger partial charge in [-0.3, -0.25) is 14.5 Å². The summed E-state index contributed by atoms with van der Waals surface area (Å²) >= 11 is 6.00. The number of halogens is 1. The van der Waals surface area contributed by atoms with E-state index in [0.717, 1.165) is 37.8 Å². The third-order valence-corrected chi connectivity index (χ3v) is 6.07. The number of nitrogens with zero attached hydrogens (tertiary/aromatic N) is 2. The quantitative estimate of drug-likeness (QED) is 0.894. The smallest absolute Gasteiger partial charge is 0.235 e. The zero-order valence-electron chi connectivity index (χ0n) is 14.7. The van der Waals surface area contributed by atoms with Crippen molar-refractivity contribution in [1.82, 2.24) is 9.80 Å². The van der Waals surface area contributed by atoms with Crippen LogP contribution in [0.1, 0.15) is 31.2 Å². The van der Waals surface area contributed by atoms with E-state index in [-0.39, 0.29) is 23.3 Å². The summed E-state index contributed by atoms with van der Waals surface area (Å²) in [6.07, 6.45) is 4.14. The molecule has 2 aliphatic heterocycles. The Labute approximate surface area is 154 Å². The summed E-state index contributed by atoms with van der Waals surface area (Å²) in [6, 6.07) is 7.22. The number of rotatable bonds is 3. The Morgan fingerprint density at radius 1 is 1.24 bits per heavy atom. The van der Waals surface area contributed by atoms with Crippen molar-refractivity contribution in [1.29, 1.82) is 0 Å². The molecule has 136 valence electrons. The van der Waals surface area contributed by atoms with E-state index in [9.17, 15) is 9.59 Å². The minimum Gasteiger partial charge on any atom is -0.368 e. The summed E-state index contributed by atoms with van der Waals surface area (Å²) in [6.45, 7) is 2.29. The molecule has 6 heteroatoms. The van der Waals surface area contributed by atoms with E-state index in [1.165, 1.54) is 0 Å². The monoisotopic (exact) mass is 363 g/mol. The molecule has 3 rings (SSSR count). The van der Waals surface area contributed by atoms with Gasteiger partial charge in [0.15, 0.2) is 0 Å². The van der Waals surface area contributed by atoms with Crippen LogP contribution in [0.3, 0.4) is 0 Å². The van der Waals surface area contributed by atoms with Crippen LogP contribution in [0.5, 0.6) is 0 Å². The van der Waals surface area contributed by atoms with Gasteiger partial charge in [0, 0.05) is 18.1 Å². The number of likely N-dealkylation sites (N-methyl/N-ethyl adjacent to an activating group) is 1. The first kappa shape index (κ1) is 18.2. The van der Waals surface area contributed by atoms with Gasteiger partial charge in [0.2, 0.25) is 11.8 Å². The largest absolute Gasteiger partial charge is 0.368 e. The van der Waals surface area contributed by atoms with Crippen LogP contribution in [0.2, 0.25) is 5.02 Å². The number of benzene rings is 1. The van der Waals surface area contributed by atoms with E-state index in [4.69, 9.17) is 17.3 Å². The van der Waals surface area contributed by atoms with Gasteiger partial charge >= 0.3 is 0 Å². The Hall–Kier alpha value is -1.59. The molecule has 2 aliphatic rings. The van der Waals surface area contributed by atoms with E-state index in [1.54, 1.807) is 0 Å². The minimum absolute atomic E-state index is 0.0777. The molecule has 1 aromatic rings. The summed E-state index contributed by atoms with van der Waals surface area (Å²) < 4.78 is 0. The normalized spacial score (nSPS) is 23.6. The molecule has 5 nitrogen and oxygen atoms in total. The number of hydrogen-bond donors (Lipinski definition) is 1. The van der Waals surface area contributed by atoms with Gasteiger partial charge in [0.25, 0.3) is 0 Å². The van der Waals surface area contributed by atoms with E-state index in [1.807, 2.05) is 36.2 Å². The number of primary amides is 1. The highest BCUT2D eigenvalue weighted by Crippen LogP contribution is 2.44. The Morgan fingerprint density at radius 3 is 2.60 bits per heavy atom. The molecule has 1 atom stereocenters. The number of piperidine rings is 2. The highest BCUT2D eigenvalue weighted by molar-refractivity contribution is 6.30. The third kappa shape index (κ3) is 3.82. The van der Waals surface area contributed by atoms with Crippen molar-refractivity contribution in [3.05, 3.63) is 34.9 Å². The molecule has 0 aliphatic carbocycles. The Morgan fingerprint density at radius 2 is 1.96 bits per heavy atom. The predicted molar refractivity (Wildman–Crippen MR) is 98.2 cm³/mol. The summed E-state index contributed by atoms with van der Waals surface area (Å²) in [5, 5.41) is 0.650. The first-order valence-corrected chi connectivity index (χ1v) is 9.31. The Bertz CT molecular complexity index is 656. The predicted octanol–water partition coefficient (Wildman–Crippen LogP) is 2.07. The van der Waals surface area contributed by atoms with Gasteiger partial charge in [0.05, 0.1) is 12.5 Å². The van der Waals surface area contributed by atoms with Crippen molar-refractivity contribution in [3.63, 3.8) is 0 Å². The number of carbonyl (C=O) groups excluding carboxylic acids is 2. The fourth-order valence-electron chi connectivity index (χ4n) is 4.59. The Kier molecular flexibility index (Phi) is 5.35. The average molecular weight is 364 g/mol. The minimum atomic E-state index is -0.235. The third-order valence-electron chi connectivity index (χ3n) is 5.83. The van der Waals surface area contributed by atoms with Crippen molar-refractivity contribution in [2.75, 3.05) is 26.7 Å². The van der Waals surface area contributed by atoms with Crippen LogP contribution in [0.25, 0.3) is 0 Å². The first-order valence-electron chi connectivity index (χ1n) is 8.93. The first-order chi connectivity index (χ1) is 11.9. The SMILES string of the molecule is CN1CCCC2(CCN(C(=O)Cc3cccc(Cl)c3)CC2)C1C(N)=O. The van der Waals surface area contributed by atoms with E-state index >= 15 is 0 Å². The fourth-order valence-corrected chi connectivity index (χ4v) is 4.80. The molecule has 1 unspecified atom stereocenters. The summed E-state index contributed by atoms with van der Waals surface area (Å²) in [7, 11) is 1.98. The zero-order valence-corrected chi connectivity index (χ0v) is 15.5. The van der Waals surface area contributed by atoms with E-state index in [0.29, 0.717) is 24.5 Å². The van der Waals surface area contributed by atoms with Crippen LogP contribution in [-0.2, 0) is 16.0 Å². The maximum Gasteiger partial charge on any atom is 0.235 e. The van der Waals surface area contributed by atoms with Crippen molar-refractivity contribution >= 4 is 23.4 Å². The molecule has 0 bridgehead atoms. The second-order valence-electron chi connectivity index (χ2n) is 7.44. The van der Waals surface area contributed by atoms with Gasteiger partial charge in [-0.1, -0.05) is 23.7 Å². The Balaban J connectivity index is 1.64. The molecule has 0 radical (unpaired) electrons. The number of hydrogen-bond acceptors (Lipinski definition) is 3. The van der Waals surface area contributed by atoms with E-state index < -0.39 is 0 Å². The van der Waals surface area contributed by atoms with Gasteiger partial charge in [0.1, 0.15) is 0 Å². The lowest BCUT2D eigenvalue weighted by Gasteiger charge is -2.51. The lowest BCUT2D eigenvalue weighted by atomic mass is 9.66. The van der Waals surface area contributed by atoms with Crippen molar-refractivity contribution in [3.8, 4) is 0 Å². The lowest BCUT2D eigenvalue weighted by Crippen LogP contribution is -2.60. The number of likely N-dealkylation sites (tertiary alicyclic amines) is 2. The molecule has 0 saturated carbocycles. The summed E-state index contributed by atoms with van der Waals surface area (Å²) in [5.41, 5.74) is 6.56. The highest BCUT2D eigenvalue weighted by atomic mass is 35.5. The zero-order chi connectivity index (χ0) is 18.0. The summed E-state index contributed by atoms with van der Waals surface area (Å²) in [5.74, 6) is -0.113. The van der Waals surface area contributed by atoms with Gasteiger partial charge < -0.3 is 10.6 Å². The van der Waals surface area contributed by atoms with Gasteiger partial charge in [-0.2, -0.15) is 0 Å². The molecule has 0 aromatic heterocycles. The molecule has 2 saturated heterocycles. The molecule has 25 heavy (non-hydrogen) atoms. The second-order valence-corrected chi connectivity index (χ2v) is 7.88. The topological polar surface area (TPSA) is 66.6 Å². The summed E-state index contributed by atoms with van der Waals surface area (Å²) in [4.78, 5) is 28.6. The van der Waals surface area contributed by atoms with Crippen LogP contribution in [0.4, 0.5) is 0 Å². The van der Waals surface area contributed by atoms with Gasteiger partial charge in [-0.15, -0.1) is 0 Å². The van der Waals surface area contributed by atoms with E-state index in [2.05, 4.69) is 4.90 Å². The molecule has 1 aromatic carbocycles. The number of nitrogens with two attached hydrogens (primary N) is 1. The molecular formula is C19H26ClN3O2. The van der Waals surface area contributed by atoms with Crippen LogP contribution in [0, 0.1) is 5.41 Å². The lowest BCUT2D eigenvalue weighted by molar-refractivity contribution is -0.138. The average Bonchev–Trinajstić information content (AvgIpc) is 2.55. The number of carbonyl (C=O) groups is 2. The second kappa shape index (κ2) is 7.34. The molecule has 2 fully saturated rings. The van der Waals surface area contributed by atoms with Crippen molar-refractivity contribution in [2.24, 2.45) is 11.1 Å². The molecular weight excluding hydrogens is 338 g/mol. The van der Waals surface area contributed by atoms with Crippen molar-refractivity contribution < 1.29 is 9.59 Å². The standard InChI is InChI=1S/C19H26ClN3O2/c1-22-9-3-6-19(17(22)18(21)25)7-10-23(11-8-19)16(24)13-14-4-2-5-15(20)12-14/h2,4-5,12,17H,3,6-11,13H2,1H3,(H2,21,25). The number of amides is 2. The van der Waals surface area contributed by atoms with Crippen molar-refractivity contribution in [2.45, 2.75) is 38.1 Å².